The lowest BCUT2D eigenvalue weighted by molar-refractivity contribution is 0.0451. The van der Waals surface area contributed by atoms with Crippen molar-refractivity contribution < 1.29 is 14.6 Å². The Bertz CT molecular complexity index is 484. The van der Waals surface area contributed by atoms with E-state index in [1.807, 2.05) is 41.5 Å². The van der Waals surface area contributed by atoms with Gasteiger partial charge in [-0.2, -0.15) is 0 Å². The highest BCUT2D eigenvalue weighted by Gasteiger charge is 2.31. The maximum absolute atomic E-state index is 12.3. The molecule has 27 heavy (non-hydrogen) atoms. The molecule has 158 valence electrons. The van der Waals surface area contributed by atoms with Crippen molar-refractivity contribution in [1.82, 2.24) is 16.0 Å². The molecule has 0 aliphatic heterocycles. The number of aliphatic hydroxyl groups is 1. The Kier molecular flexibility index (Phi) is 9.36. The van der Waals surface area contributed by atoms with Crippen molar-refractivity contribution in [3.63, 3.8) is 0 Å². The second kappa shape index (κ2) is 10.7. The molecule has 1 saturated carbocycles. The number of alkyl carbamates (subject to hydrolysis) is 1. The molecule has 0 bridgehead atoms. The zero-order chi connectivity index (χ0) is 20.5. The topological polar surface area (TPSA) is 95.0 Å². The van der Waals surface area contributed by atoms with E-state index in [9.17, 15) is 9.90 Å². The number of rotatable bonds is 8. The van der Waals surface area contributed by atoms with Crippen molar-refractivity contribution in [2.75, 3.05) is 19.6 Å². The van der Waals surface area contributed by atoms with Crippen LogP contribution in [0, 0.1) is 5.92 Å². The minimum absolute atomic E-state index is 0.223. The summed E-state index contributed by atoms with van der Waals surface area (Å²) in [5, 5.41) is 19.6. The molecule has 4 N–H and O–H groups in total. The highest BCUT2D eigenvalue weighted by atomic mass is 16.6. The molecule has 1 aliphatic carbocycles. The first-order chi connectivity index (χ1) is 12.6. The fraction of sp³-hybridized carbons (Fsp3) is 0.900. The molecular formula is C20H40N4O3. The van der Waals surface area contributed by atoms with E-state index in [0.717, 1.165) is 38.6 Å². The van der Waals surface area contributed by atoms with Gasteiger partial charge in [-0.15, -0.1) is 0 Å². The zero-order valence-corrected chi connectivity index (χ0v) is 18.0. The molecule has 0 aromatic heterocycles. The minimum atomic E-state index is -0.529. The van der Waals surface area contributed by atoms with E-state index in [4.69, 9.17) is 9.73 Å². The van der Waals surface area contributed by atoms with E-state index in [-0.39, 0.29) is 12.0 Å². The predicted molar refractivity (Wildman–Crippen MR) is 110 cm³/mol. The third-order valence-electron chi connectivity index (χ3n) is 5.15. The molecule has 7 heteroatoms. The third kappa shape index (κ3) is 8.37. The summed E-state index contributed by atoms with van der Waals surface area (Å²) < 4.78 is 5.42. The molecule has 0 saturated heterocycles. The summed E-state index contributed by atoms with van der Waals surface area (Å²) in [6.07, 6.45) is 3.89. The van der Waals surface area contributed by atoms with Gasteiger partial charge in [0.25, 0.3) is 0 Å². The van der Waals surface area contributed by atoms with E-state index in [1.165, 1.54) is 0 Å². The number of nitrogens with one attached hydrogen (secondary N) is 3. The molecule has 1 amide bonds. The van der Waals surface area contributed by atoms with Crippen LogP contribution in [0.3, 0.4) is 0 Å². The molecular weight excluding hydrogens is 344 g/mol. The molecule has 1 aliphatic rings. The Morgan fingerprint density at radius 3 is 2.30 bits per heavy atom. The number of guanidine groups is 1. The Morgan fingerprint density at radius 2 is 1.81 bits per heavy atom. The van der Waals surface area contributed by atoms with Gasteiger partial charge >= 0.3 is 6.09 Å². The van der Waals surface area contributed by atoms with E-state index >= 15 is 0 Å². The SMILES string of the molecule is CCNC(=NCC(CC)(CC)NC(=O)OC(C)(C)C)NCC1CCCC1O. The van der Waals surface area contributed by atoms with Gasteiger partial charge in [0, 0.05) is 19.0 Å². The number of carbonyl (C=O) groups excluding carboxylic acids is 1. The van der Waals surface area contributed by atoms with Gasteiger partial charge in [-0.3, -0.25) is 4.99 Å². The van der Waals surface area contributed by atoms with Crippen molar-refractivity contribution in [1.29, 1.82) is 0 Å². The lowest BCUT2D eigenvalue weighted by Crippen LogP contribution is -2.52. The standard InChI is InChI=1S/C20H40N4O3/c1-7-20(8-2,24-18(26)27-19(4,5)6)14-23-17(21-9-3)22-13-15-11-10-12-16(15)25/h15-16,25H,7-14H2,1-6H3,(H,24,26)(H2,21,22,23). The van der Waals surface area contributed by atoms with Gasteiger partial charge in [0.15, 0.2) is 5.96 Å². The van der Waals surface area contributed by atoms with Crippen molar-refractivity contribution >= 4 is 12.1 Å². The molecule has 0 spiro atoms. The second-order valence-electron chi connectivity index (χ2n) is 8.45. The van der Waals surface area contributed by atoms with Gasteiger partial charge in [0.05, 0.1) is 18.2 Å². The smallest absolute Gasteiger partial charge is 0.408 e. The normalized spacial score (nSPS) is 21.1. The maximum Gasteiger partial charge on any atom is 0.408 e. The summed E-state index contributed by atoms with van der Waals surface area (Å²) in [4.78, 5) is 17.0. The molecule has 2 atom stereocenters. The number of aliphatic hydroxyl groups excluding tert-OH is 1. The average Bonchev–Trinajstić information content (AvgIpc) is 2.99. The molecule has 0 aromatic rings. The van der Waals surface area contributed by atoms with Crippen molar-refractivity contribution in [3.8, 4) is 0 Å². The Balaban J connectivity index is 2.73. The molecule has 0 aromatic carbocycles. The first kappa shape index (κ1) is 23.5. The van der Waals surface area contributed by atoms with Gasteiger partial charge in [-0.25, -0.2) is 4.79 Å². The quantitative estimate of drug-likeness (QED) is 0.381. The lowest BCUT2D eigenvalue weighted by Gasteiger charge is -2.33. The molecule has 7 nitrogen and oxygen atoms in total. The van der Waals surface area contributed by atoms with Crippen LogP contribution in [0.25, 0.3) is 0 Å². The van der Waals surface area contributed by atoms with E-state index < -0.39 is 17.2 Å². The van der Waals surface area contributed by atoms with Crippen molar-refractivity contribution in [2.24, 2.45) is 10.9 Å². The van der Waals surface area contributed by atoms with Crippen LogP contribution in [-0.4, -0.2) is 54.0 Å². The van der Waals surface area contributed by atoms with Gasteiger partial charge in [-0.05, 0) is 53.4 Å². The first-order valence-corrected chi connectivity index (χ1v) is 10.4. The molecule has 1 fully saturated rings. The predicted octanol–water partition coefficient (Wildman–Crippen LogP) is 2.79. The van der Waals surface area contributed by atoms with Gasteiger partial charge in [0.2, 0.25) is 0 Å². The Labute approximate surface area is 164 Å². The number of aliphatic imine (C=N–C) groups is 1. The molecule has 1 rings (SSSR count). The Hall–Kier alpha value is -1.50. The van der Waals surface area contributed by atoms with Crippen LogP contribution in [-0.2, 0) is 4.74 Å². The largest absolute Gasteiger partial charge is 0.444 e. The van der Waals surface area contributed by atoms with Gasteiger partial charge in [-0.1, -0.05) is 20.3 Å². The summed E-state index contributed by atoms with van der Waals surface area (Å²) in [6.45, 7) is 13.6. The van der Waals surface area contributed by atoms with Crippen molar-refractivity contribution in [3.05, 3.63) is 0 Å². The van der Waals surface area contributed by atoms with E-state index in [1.54, 1.807) is 0 Å². The van der Waals surface area contributed by atoms with Crippen LogP contribution in [0.1, 0.15) is 73.6 Å². The van der Waals surface area contributed by atoms with Crippen LogP contribution in [0.15, 0.2) is 4.99 Å². The van der Waals surface area contributed by atoms with E-state index in [2.05, 4.69) is 16.0 Å². The fourth-order valence-electron chi connectivity index (χ4n) is 3.27. The number of ether oxygens (including phenoxy) is 1. The number of nitrogens with zero attached hydrogens (tertiary/aromatic N) is 1. The Morgan fingerprint density at radius 1 is 1.15 bits per heavy atom. The molecule has 0 heterocycles. The summed E-state index contributed by atoms with van der Waals surface area (Å²) in [5.41, 5.74) is -0.975. The number of amides is 1. The minimum Gasteiger partial charge on any atom is -0.444 e. The molecule has 2 unspecified atom stereocenters. The first-order valence-electron chi connectivity index (χ1n) is 10.4. The van der Waals surface area contributed by atoms with Crippen LogP contribution >= 0.6 is 0 Å². The zero-order valence-electron chi connectivity index (χ0n) is 18.0. The van der Waals surface area contributed by atoms with Crippen LogP contribution in [0.4, 0.5) is 4.79 Å². The average molecular weight is 385 g/mol. The van der Waals surface area contributed by atoms with Crippen LogP contribution in [0.2, 0.25) is 0 Å². The highest BCUT2D eigenvalue weighted by molar-refractivity contribution is 5.79. The third-order valence-corrected chi connectivity index (χ3v) is 5.15. The molecule has 0 radical (unpaired) electrons. The summed E-state index contributed by atoms with van der Waals surface area (Å²) in [6, 6.07) is 0. The fourth-order valence-corrected chi connectivity index (χ4v) is 3.27. The van der Waals surface area contributed by atoms with Crippen LogP contribution < -0.4 is 16.0 Å². The summed E-state index contributed by atoms with van der Waals surface area (Å²) in [5.74, 6) is 0.990. The monoisotopic (exact) mass is 384 g/mol. The summed E-state index contributed by atoms with van der Waals surface area (Å²) >= 11 is 0. The van der Waals surface area contributed by atoms with E-state index in [0.29, 0.717) is 19.0 Å². The van der Waals surface area contributed by atoms with Crippen molar-refractivity contribution in [2.45, 2.75) is 90.9 Å². The summed E-state index contributed by atoms with van der Waals surface area (Å²) in [7, 11) is 0. The number of hydrogen-bond acceptors (Lipinski definition) is 4. The highest BCUT2D eigenvalue weighted by Crippen LogP contribution is 2.24. The number of hydrogen-bond donors (Lipinski definition) is 4. The maximum atomic E-state index is 12.3. The van der Waals surface area contributed by atoms with Gasteiger partial charge < -0.3 is 25.8 Å². The number of carbonyl (C=O) groups is 1. The lowest BCUT2D eigenvalue weighted by atomic mass is 9.93. The van der Waals surface area contributed by atoms with Crippen LogP contribution in [0.5, 0.6) is 0 Å². The van der Waals surface area contributed by atoms with Gasteiger partial charge in [0.1, 0.15) is 5.60 Å². The second-order valence-corrected chi connectivity index (χ2v) is 8.45.